The molecule has 2 atom stereocenters. The molecule has 0 spiro atoms. The van der Waals surface area contributed by atoms with Gasteiger partial charge in [-0.25, -0.2) is 17.1 Å². The molecule has 2 aromatic rings. The van der Waals surface area contributed by atoms with E-state index in [2.05, 4.69) is 10.2 Å². The van der Waals surface area contributed by atoms with Crippen LogP contribution in [0.3, 0.4) is 0 Å². The summed E-state index contributed by atoms with van der Waals surface area (Å²) >= 11 is 0. The molecule has 1 aromatic carbocycles. The third kappa shape index (κ3) is 3.56. The highest BCUT2D eigenvalue weighted by atomic mass is 32.2. The van der Waals surface area contributed by atoms with Crippen LogP contribution in [0.25, 0.3) is 11.3 Å². The van der Waals surface area contributed by atoms with Crippen LogP contribution in [0.2, 0.25) is 0 Å². The summed E-state index contributed by atoms with van der Waals surface area (Å²) in [5.41, 5.74) is 0.833. The van der Waals surface area contributed by atoms with Gasteiger partial charge in [-0.05, 0) is 36.6 Å². The minimum Gasteiger partial charge on any atom is -0.396 e. The van der Waals surface area contributed by atoms with E-state index in [-0.39, 0.29) is 37.3 Å². The van der Waals surface area contributed by atoms with Crippen LogP contribution in [0.4, 0.5) is 4.39 Å². The molecule has 2 fully saturated rings. The molecule has 2 aliphatic heterocycles. The van der Waals surface area contributed by atoms with E-state index in [0.717, 1.165) is 0 Å². The lowest BCUT2D eigenvalue weighted by Crippen LogP contribution is -2.52. The summed E-state index contributed by atoms with van der Waals surface area (Å²) in [6, 6.07) is 5.77. The molecular weight excluding hydrogens is 399 g/mol. The average Bonchev–Trinajstić information content (AvgIpc) is 3.32. The maximum absolute atomic E-state index is 13.2. The summed E-state index contributed by atoms with van der Waals surface area (Å²) in [6.45, 7) is 1.12. The lowest BCUT2D eigenvalue weighted by molar-refractivity contribution is 0.0130. The monoisotopic (exact) mass is 422 g/mol. The van der Waals surface area contributed by atoms with Gasteiger partial charge in [0.1, 0.15) is 5.82 Å². The number of likely N-dealkylation sites (tertiary alicyclic amines) is 1. The number of piperidine rings is 1. The predicted molar refractivity (Wildman–Crippen MR) is 104 cm³/mol. The number of aromatic nitrogens is 2. The van der Waals surface area contributed by atoms with E-state index in [9.17, 15) is 22.7 Å². The summed E-state index contributed by atoms with van der Waals surface area (Å²) in [6.07, 6.45) is 3.22. The topological polar surface area (TPSA) is 107 Å². The van der Waals surface area contributed by atoms with E-state index >= 15 is 0 Å². The third-order valence-corrected chi connectivity index (χ3v) is 7.32. The Kier molecular flexibility index (Phi) is 4.96. The van der Waals surface area contributed by atoms with E-state index in [1.165, 1.54) is 28.9 Å². The van der Waals surface area contributed by atoms with Crippen LogP contribution in [-0.4, -0.2) is 77.9 Å². The van der Waals surface area contributed by atoms with Gasteiger partial charge in [0.05, 0.1) is 30.3 Å². The minimum atomic E-state index is -3.36. The fourth-order valence-electron chi connectivity index (χ4n) is 4.44. The Bertz CT molecular complexity index is 1020. The second kappa shape index (κ2) is 7.19. The maximum atomic E-state index is 13.2. The number of rotatable bonds is 4. The highest BCUT2D eigenvalue weighted by molar-refractivity contribution is 7.88. The van der Waals surface area contributed by atoms with Gasteiger partial charge < -0.3 is 10.0 Å². The summed E-state index contributed by atoms with van der Waals surface area (Å²) in [5, 5.41) is 16.9. The van der Waals surface area contributed by atoms with Crippen LogP contribution >= 0.6 is 0 Å². The molecule has 2 saturated heterocycles. The van der Waals surface area contributed by atoms with Crippen molar-refractivity contribution in [1.82, 2.24) is 19.4 Å². The van der Waals surface area contributed by atoms with Gasteiger partial charge in [-0.15, -0.1) is 0 Å². The molecule has 4 rings (SSSR count). The Morgan fingerprint density at radius 2 is 2.07 bits per heavy atom. The normalized spacial score (nSPS) is 25.2. The standard InChI is InChI=1S/C19H23FN4O4S/c1-29(27,28)24-9-14-6-7-23(10-19(14,11-24)12-25)18(26)16-8-21-22-17(16)13-2-4-15(20)5-3-13/h2-5,8,14,25H,6-7,9-12H2,1H3,(H,21,22)/t14-,19+/m0/s1. The second-order valence-corrected chi connectivity index (χ2v) is 9.94. The van der Waals surface area contributed by atoms with Gasteiger partial charge in [0.2, 0.25) is 10.0 Å². The van der Waals surface area contributed by atoms with Crippen molar-refractivity contribution < 1.29 is 22.7 Å². The fourth-order valence-corrected chi connectivity index (χ4v) is 5.38. The number of hydrogen-bond donors (Lipinski definition) is 2. The van der Waals surface area contributed by atoms with Gasteiger partial charge >= 0.3 is 0 Å². The summed E-state index contributed by atoms with van der Waals surface area (Å²) in [4.78, 5) is 14.9. The van der Waals surface area contributed by atoms with Gasteiger partial charge in [-0.2, -0.15) is 5.10 Å². The molecule has 0 radical (unpaired) electrons. The minimum absolute atomic E-state index is 0.00666. The van der Waals surface area contributed by atoms with E-state index in [1.807, 2.05) is 0 Å². The first-order valence-electron chi connectivity index (χ1n) is 9.38. The van der Waals surface area contributed by atoms with Gasteiger partial charge in [-0.3, -0.25) is 9.89 Å². The van der Waals surface area contributed by atoms with E-state index < -0.39 is 15.4 Å². The van der Waals surface area contributed by atoms with Gasteiger partial charge in [0.25, 0.3) is 5.91 Å². The summed E-state index contributed by atoms with van der Waals surface area (Å²) in [7, 11) is -3.36. The zero-order valence-corrected chi connectivity index (χ0v) is 16.8. The molecule has 0 unspecified atom stereocenters. The zero-order valence-electron chi connectivity index (χ0n) is 16.0. The summed E-state index contributed by atoms with van der Waals surface area (Å²) < 4.78 is 38.6. The van der Waals surface area contributed by atoms with Crippen molar-refractivity contribution in [3.63, 3.8) is 0 Å². The molecule has 3 heterocycles. The van der Waals surface area contributed by atoms with Crippen molar-refractivity contribution in [2.45, 2.75) is 6.42 Å². The average molecular weight is 422 g/mol. The molecule has 1 amide bonds. The number of aliphatic hydroxyl groups excluding tert-OH is 1. The molecule has 10 heteroatoms. The number of nitrogens with zero attached hydrogens (tertiary/aromatic N) is 3. The largest absolute Gasteiger partial charge is 0.396 e. The Balaban J connectivity index is 1.59. The van der Waals surface area contributed by atoms with Crippen LogP contribution in [0, 0.1) is 17.2 Å². The van der Waals surface area contributed by atoms with Crippen molar-refractivity contribution in [1.29, 1.82) is 0 Å². The number of carbonyl (C=O) groups is 1. The molecule has 0 saturated carbocycles. The van der Waals surface area contributed by atoms with E-state index in [4.69, 9.17) is 0 Å². The van der Waals surface area contributed by atoms with E-state index in [1.54, 1.807) is 17.0 Å². The quantitative estimate of drug-likeness (QED) is 0.763. The number of nitrogens with one attached hydrogen (secondary N) is 1. The molecule has 0 aliphatic carbocycles. The molecule has 2 N–H and O–H groups in total. The number of aromatic amines is 1. The van der Waals surface area contributed by atoms with Crippen molar-refractivity contribution in [2.24, 2.45) is 11.3 Å². The first-order valence-corrected chi connectivity index (χ1v) is 11.2. The first-order chi connectivity index (χ1) is 13.7. The Morgan fingerprint density at radius 1 is 1.34 bits per heavy atom. The van der Waals surface area contributed by atoms with Crippen molar-refractivity contribution in [3.8, 4) is 11.3 Å². The van der Waals surface area contributed by atoms with Gasteiger partial charge in [0.15, 0.2) is 0 Å². The number of H-pyrrole nitrogens is 1. The smallest absolute Gasteiger partial charge is 0.257 e. The molecule has 8 nitrogen and oxygen atoms in total. The number of hydrogen-bond acceptors (Lipinski definition) is 5. The second-order valence-electron chi connectivity index (χ2n) is 7.95. The van der Waals surface area contributed by atoms with Crippen LogP contribution < -0.4 is 0 Å². The maximum Gasteiger partial charge on any atom is 0.257 e. The number of sulfonamides is 1. The molecule has 29 heavy (non-hydrogen) atoms. The number of fused-ring (bicyclic) bond motifs is 1. The SMILES string of the molecule is CS(=O)(=O)N1C[C@@H]2CCN(C(=O)c3cn[nH]c3-c3ccc(F)cc3)C[C@]2(CO)C1. The Hall–Kier alpha value is -2.30. The Morgan fingerprint density at radius 3 is 2.72 bits per heavy atom. The van der Waals surface area contributed by atoms with Crippen LogP contribution in [0.1, 0.15) is 16.8 Å². The number of benzene rings is 1. The summed E-state index contributed by atoms with van der Waals surface area (Å²) in [5.74, 6) is -0.612. The lowest BCUT2D eigenvalue weighted by atomic mass is 9.74. The van der Waals surface area contributed by atoms with Gasteiger partial charge in [-0.1, -0.05) is 0 Å². The zero-order chi connectivity index (χ0) is 20.8. The highest BCUT2D eigenvalue weighted by Gasteiger charge is 2.52. The van der Waals surface area contributed by atoms with Crippen molar-refractivity contribution in [3.05, 3.63) is 41.8 Å². The van der Waals surface area contributed by atoms with E-state index in [0.29, 0.717) is 36.3 Å². The van der Waals surface area contributed by atoms with Crippen molar-refractivity contribution >= 4 is 15.9 Å². The van der Waals surface area contributed by atoms with Crippen molar-refractivity contribution in [2.75, 3.05) is 39.0 Å². The molecule has 1 aromatic heterocycles. The van der Waals surface area contributed by atoms with Gasteiger partial charge in [0, 0.05) is 37.2 Å². The van der Waals surface area contributed by atoms with Crippen LogP contribution in [0.5, 0.6) is 0 Å². The molecule has 156 valence electrons. The molecule has 0 bridgehead atoms. The number of aliphatic hydroxyl groups is 1. The Labute approximate surface area is 168 Å². The predicted octanol–water partition coefficient (Wildman–Crippen LogP) is 0.932. The highest BCUT2D eigenvalue weighted by Crippen LogP contribution is 2.43. The number of carbonyl (C=O) groups excluding carboxylic acids is 1. The fraction of sp³-hybridized carbons (Fsp3) is 0.474. The number of halogens is 1. The first kappa shape index (κ1) is 20.0. The third-order valence-electron chi connectivity index (χ3n) is 6.11. The lowest BCUT2D eigenvalue weighted by Gasteiger charge is -2.43. The van der Waals surface area contributed by atoms with Crippen LogP contribution in [-0.2, 0) is 10.0 Å². The molecular formula is C19H23FN4O4S. The number of amides is 1. The van der Waals surface area contributed by atoms with Crippen LogP contribution in [0.15, 0.2) is 30.5 Å². The molecule has 2 aliphatic rings.